The molecule has 1 unspecified atom stereocenters. The third kappa shape index (κ3) is 1.76. The molecule has 0 spiro atoms. The van der Waals surface area contributed by atoms with Crippen molar-refractivity contribution in [1.29, 1.82) is 0 Å². The SMILES string of the molecule is Cc1n[nH]c(C)c1NC(C)CN. The average Bonchev–Trinajstić information content (AvgIpc) is 2.35. The molecule has 12 heavy (non-hydrogen) atoms. The van der Waals surface area contributed by atoms with Gasteiger partial charge in [0.1, 0.15) is 0 Å². The van der Waals surface area contributed by atoms with E-state index >= 15 is 0 Å². The highest BCUT2D eigenvalue weighted by molar-refractivity contribution is 5.51. The smallest absolute Gasteiger partial charge is 0.0825 e. The van der Waals surface area contributed by atoms with Crippen molar-refractivity contribution < 1.29 is 0 Å². The second-order valence-electron chi connectivity index (χ2n) is 3.09. The molecule has 0 fully saturated rings. The van der Waals surface area contributed by atoms with E-state index in [2.05, 4.69) is 15.5 Å². The van der Waals surface area contributed by atoms with Gasteiger partial charge < -0.3 is 11.1 Å². The van der Waals surface area contributed by atoms with Crippen LogP contribution in [0.4, 0.5) is 5.69 Å². The second kappa shape index (κ2) is 3.58. The van der Waals surface area contributed by atoms with Gasteiger partial charge in [0.05, 0.1) is 17.1 Å². The van der Waals surface area contributed by atoms with Crippen molar-refractivity contribution in [2.45, 2.75) is 26.8 Å². The van der Waals surface area contributed by atoms with Crippen LogP contribution in [0.15, 0.2) is 0 Å². The molecule has 4 heteroatoms. The molecule has 1 aromatic heterocycles. The molecule has 0 radical (unpaired) electrons. The molecular formula is C8H16N4. The summed E-state index contributed by atoms with van der Waals surface area (Å²) < 4.78 is 0. The quantitative estimate of drug-likeness (QED) is 0.625. The fourth-order valence-electron chi connectivity index (χ4n) is 1.07. The van der Waals surface area contributed by atoms with Crippen LogP contribution in [0.2, 0.25) is 0 Å². The summed E-state index contributed by atoms with van der Waals surface area (Å²) in [5.41, 5.74) is 8.63. The largest absolute Gasteiger partial charge is 0.378 e. The predicted molar refractivity (Wildman–Crippen MR) is 50.2 cm³/mol. The molecule has 0 aliphatic rings. The van der Waals surface area contributed by atoms with Crippen LogP contribution in [0.3, 0.4) is 0 Å². The first-order chi connectivity index (χ1) is 5.65. The van der Waals surface area contributed by atoms with Gasteiger partial charge in [-0.1, -0.05) is 0 Å². The molecule has 0 saturated heterocycles. The van der Waals surface area contributed by atoms with E-state index in [4.69, 9.17) is 5.73 Å². The highest BCUT2D eigenvalue weighted by atomic mass is 15.2. The maximum absolute atomic E-state index is 5.50. The van der Waals surface area contributed by atoms with Crippen molar-refractivity contribution >= 4 is 5.69 Å². The molecule has 68 valence electrons. The lowest BCUT2D eigenvalue weighted by molar-refractivity contribution is 0.802. The Labute approximate surface area is 72.5 Å². The molecule has 0 aliphatic heterocycles. The highest BCUT2D eigenvalue weighted by Crippen LogP contribution is 2.16. The minimum absolute atomic E-state index is 0.292. The lowest BCUT2D eigenvalue weighted by Gasteiger charge is -2.12. The number of nitrogens with two attached hydrogens (primary N) is 1. The van der Waals surface area contributed by atoms with Crippen molar-refractivity contribution in [3.63, 3.8) is 0 Å². The van der Waals surface area contributed by atoms with Gasteiger partial charge in [0.15, 0.2) is 0 Å². The van der Waals surface area contributed by atoms with Crippen molar-refractivity contribution in [3.05, 3.63) is 11.4 Å². The molecule has 0 amide bonds. The van der Waals surface area contributed by atoms with E-state index in [-0.39, 0.29) is 0 Å². The van der Waals surface area contributed by atoms with Gasteiger partial charge >= 0.3 is 0 Å². The first-order valence-corrected chi connectivity index (χ1v) is 4.13. The molecule has 4 nitrogen and oxygen atoms in total. The average molecular weight is 168 g/mol. The summed E-state index contributed by atoms with van der Waals surface area (Å²) in [7, 11) is 0. The van der Waals surface area contributed by atoms with Gasteiger partial charge in [-0.05, 0) is 20.8 Å². The Morgan fingerprint density at radius 1 is 1.58 bits per heavy atom. The van der Waals surface area contributed by atoms with E-state index in [9.17, 15) is 0 Å². The first-order valence-electron chi connectivity index (χ1n) is 4.13. The van der Waals surface area contributed by atoms with Gasteiger partial charge in [-0.15, -0.1) is 0 Å². The summed E-state index contributed by atoms with van der Waals surface area (Å²) in [6, 6.07) is 0.292. The van der Waals surface area contributed by atoms with Crippen molar-refractivity contribution in [3.8, 4) is 0 Å². The fourth-order valence-corrected chi connectivity index (χ4v) is 1.07. The Morgan fingerprint density at radius 3 is 2.67 bits per heavy atom. The maximum atomic E-state index is 5.50. The minimum atomic E-state index is 0.292. The highest BCUT2D eigenvalue weighted by Gasteiger charge is 2.07. The normalized spacial score (nSPS) is 13.0. The van der Waals surface area contributed by atoms with E-state index in [1.54, 1.807) is 0 Å². The molecule has 1 heterocycles. The molecule has 1 rings (SSSR count). The number of H-pyrrole nitrogens is 1. The zero-order chi connectivity index (χ0) is 9.14. The second-order valence-corrected chi connectivity index (χ2v) is 3.09. The number of aromatic nitrogens is 2. The predicted octanol–water partition coefficient (Wildman–Crippen LogP) is 0.786. The number of aromatic amines is 1. The van der Waals surface area contributed by atoms with Crippen LogP contribution in [-0.4, -0.2) is 22.8 Å². The summed E-state index contributed by atoms with van der Waals surface area (Å²) >= 11 is 0. The minimum Gasteiger partial charge on any atom is -0.378 e. The van der Waals surface area contributed by atoms with Gasteiger partial charge in [0.25, 0.3) is 0 Å². The summed E-state index contributed by atoms with van der Waals surface area (Å²) in [5, 5.41) is 10.3. The third-order valence-electron chi connectivity index (χ3n) is 1.87. The molecule has 1 atom stereocenters. The van der Waals surface area contributed by atoms with E-state index < -0.39 is 0 Å². The van der Waals surface area contributed by atoms with E-state index in [1.807, 2.05) is 20.8 Å². The standard InChI is InChI=1S/C8H16N4/c1-5(4-9)10-8-6(2)11-12-7(8)3/h5,10H,4,9H2,1-3H3,(H,11,12). The van der Waals surface area contributed by atoms with Gasteiger partial charge in [-0.2, -0.15) is 5.10 Å². The van der Waals surface area contributed by atoms with Crippen molar-refractivity contribution in [1.82, 2.24) is 10.2 Å². The first kappa shape index (κ1) is 9.06. The van der Waals surface area contributed by atoms with Crippen LogP contribution < -0.4 is 11.1 Å². The lowest BCUT2D eigenvalue weighted by atomic mass is 10.2. The molecule has 4 N–H and O–H groups in total. The number of aryl methyl sites for hydroxylation is 2. The van der Waals surface area contributed by atoms with E-state index in [0.717, 1.165) is 17.1 Å². The van der Waals surface area contributed by atoms with E-state index in [1.165, 1.54) is 0 Å². The zero-order valence-electron chi connectivity index (χ0n) is 7.81. The van der Waals surface area contributed by atoms with Crippen LogP contribution in [0, 0.1) is 13.8 Å². The monoisotopic (exact) mass is 168 g/mol. The van der Waals surface area contributed by atoms with Gasteiger partial charge in [-0.3, -0.25) is 5.10 Å². The van der Waals surface area contributed by atoms with Gasteiger partial charge in [0.2, 0.25) is 0 Å². The Kier molecular flexibility index (Phi) is 2.70. The summed E-state index contributed by atoms with van der Waals surface area (Å²) in [6.07, 6.45) is 0. The maximum Gasteiger partial charge on any atom is 0.0825 e. The number of rotatable bonds is 3. The van der Waals surface area contributed by atoms with Crippen LogP contribution >= 0.6 is 0 Å². The van der Waals surface area contributed by atoms with Crippen molar-refractivity contribution in [2.75, 3.05) is 11.9 Å². The molecule has 0 aromatic carbocycles. The van der Waals surface area contributed by atoms with Gasteiger partial charge in [-0.25, -0.2) is 0 Å². The summed E-state index contributed by atoms with van der Waals surface area (Å²) in [6.45, 7) is 6.64. The molecular weight excluding hydrogens is 152 g/mol. The molecule has 0 bridgehead atoms. The van der Waals surface area contributed by atoms with Crippen LogP contribution in [0.5, 0.6) is 0 Å². The Balaban J connectivity index is 2.73. The van der Waals surface area contributed by atoms with Crippen molar-refractivity contribution in [2.24, 2.45) is 5.73 Å². The number of nitrogens with zero attached hydrogens (tertiary/aromatic N) is 1. The van der Waals surface area contributed by atoms with Crippen LogP contribution in [0.1, 0.15) is 18.3 Å². The third-order valence-corrected chi connectivity index (χ3v) is 1.87. The van der Waals surface area contributed by atoms with Gasteiger partial charge in [0, 0.05) is 12.6 Å². The summed E-state index contributed by atoms with van der Waals surface area (Å²) in [5.74, 6) is 0. The topological polar surface area (TPSA) is 66.7 Å². The number of nitrogens with one attached hydrogen (secondary N) is 2. The summed E-state index contributed by atoms with van der Waals surface area (Å²) in [4.78, 5) is 0. The molecule has 0 saturated carbocycles. The molecule has 1 aromatic rings. The Morgan fingerprint density at radius 2 is 2.25 bits per heavy atom. The zero-order valence-corrected chi connectivity index (χ0v) is 7.81. The van der Waals surface area contributed by atoms with Crippen LogP contribution in [-0.2, 0) is 0 Å². The number of hydrogen-bond acceptors (Lipinski definition) is 3. The number of anilines is 1. The lowest BCUT2D eigenvalue weighted by Crippen LogP contribution is -2.25. The Hall–Kier alpha value is -1.03. The Bertz CT molecular complexity index is 234. The van der Waals surface area contributed by atoms with E-state index in [0.29, 0.717) is 12.6 Å². The molecule has 0 aliphatic carbocycles. The number of hydrogen-bond donors (Lipinski definition) is 3. The van der Waals surface area contributed by atoms with Crippen LogP contribution in [0.25, 0.3) is 0 Å². The fraction of sp³-hybridized carbons (Fsp3) is 0.625.